The Kier molecular flexibility index (Phi) is 27.3. The third-order valence-electron chi connectivity index (χ3n) is 1.42. The first kappa shape index (κ1) is 33.0. The van der Waals surface area contributed by atoms with Crippen molar-refractivity contribution in [1.29, 1.82) is 0 Å². The molecule has 0 unspecified atom stereocenters. The smallest absolute Gasteiger partial charge is 0.822 e. The number of hydrogen-bond acceptors (Lipinski definition) is 10. The second-order valence-corrected chi connectivity index (χ2v) is 3.70. The van der Waals surface area contributed by atoms with E-state index < -0.39 is 38.8 Å². The van der Waals surface area contributed by atoms with Gasteiger partial charge in [0, 0.05) is 0 Å². The minimum atomic E-state index is -5.39. The molecule has 0 rings (SSSR count). The third-order valence-corrected chi connectivity index (χ3v) is 1.42. The first-order valence-corrected chi connectivity index (χ1v) is 5.52. The largest absolute Gasteiger partial charge is 2.00 e. The average molecular weight is 393 g/mol. The summed E-state index contributed by atoms with van der Waals surface area (Å²) < 4.78 is 8.55. The van der Waals surface area contributed by atoms with Crippen LogP contribution in [-0.4, -0.2) is 62.8 Å². The van der Waals surface area contributed by atoms with E-state index in [1.54, 1.807) is 0 Å². The van der Waals surface area contributed by atoms with Crippen LogP contribution in [0.15, 0.2) is 0 Å². The number of carbonyl (C=O) groups excluding carboxylic acids is 1. The number of carbonyl (C=O) groups is 1. The van der Waals surface area contributed by atoms with E-state index in [-0.39, 0.29) is 59.3 Å². The number of phosphoric acid groups is 1. The monoisotopic (exact) mass is 393 g/mol. The van der Waals surface area contributed by atoms with Gasteiger partial charge in [0.05, 0.1) is 6.61 Å². The zero-order valence-electron chi connectivity index (χ0n) is 10.0. The van der Waals surface area contributed by atoms with E-state index >= 15 is 0 Å². The van der Waals surface area contributed by atoms with Crippen LogP contribution in [0.3, 0.4) is 0 Å². The van der Waals surface area contributed by atoms with Crippen LogP contribution in [0.2, 0.25) is 0 Å². The maximum absolute atomic E-state index is 9.90. The summed E-state index contributed by atoms with van der Waals surface area (Å²) in [6.07, 6.45) is -6.84. The van der Waals surface area contributed by atoms with Crippen molar-refractivity contribution in [2.45, 2.75) is 24.4 Å². The number of aldehydes is 1. The van der Waals surface area contributed by atoms with Crippen molar-refractivity contribution in [3.05, 3.63) is 0 Å². The minimum absolute atomic E-state index is 0. The van der Waals surface area contributed by atoms with Crippen LogP contribution < -0.4 is 33.5 Å². The molecule has 115 valence electrons. The fraction of sp³-hybridized carbons (Fsp3) is 0.833. The van der Waals surface area contributed by atoms with E-state index in [0.29, 0.717) is 0 Å². The summed E-state index contributed by atoms with van der Waals surface area (Å²) in [5, 5.41) is 43.5. The molecular formula is C6H12FeLiMnO10P+2. The van der Waals surface area contributed by atoms with Gasteiger partial charge in [-0.2, -0.15) is 7.82 Å². The van der Waals surface area contributed by atoms with Crippen molar-refractivity contribution >= 4 is 14.1 Å². The van der Waals surface area contributed by atoms with E-state index in [1.165, 1.54) is 0 Å². The van der Waals surface area contributed by atoms with Crippen molar-refractivity contribution in [3.8, 4) is 0 Å². The molecule has 0 spiro atoms. The Morgan fingerprint density at radius 3 is 1.55 bits per heavy atom. The molecule has 0 fully saturated rings. The number of aliphatic hydroxyl groups is 5. The second-order valence-electron chi connectivity index (χ2n) is 2.80. The van der Waals surface area contributed by atoms with Crippen molar-refractivity contribution in [1.82, 2.24) is 0 Å². The van der Waals surface area contributed by atoms with E-state index in [4.69, 9.17) is 44.8 Å². The van der Waals surface area contributed by atoms with Crippen LogP contribution in [0.4, 0.5) is 0 Å². The van der Waals surface area contributed by atoms with E-state index in [2.05, 4.69) is 0 Å². The first-order valence-electron chi connectivity index (χ1n) is 4.06. The van der Waals surface area contributed by atoms with Crippen LogP contribution in [0.1, 0.15) is 0 Å². The van der Waals surface area contributed by atoms with Crippen LogP contribution in [0.25, 0.3) is 0 Å². The van der Waals surface area contributed by atoms with Crippen molar-refractivity contribution in [3.63, 3.8) is 0 Å². The summed E-state index contributed by atoms with van der Waals surface area (Å²) in [6.45, 7) is -0.760. The predicted molar refractivity (Wildman–Crippen MR) is 44.8 cm³/mol. The Labute approximate surface area is 147 Å². The van der Waals surface area contributed by atoms with Gasteiger partial charge < -0.3 is 49.6 Å². The summed E-state index contributed by atoms with van der Waals surface area (Å²) in [5.74, 6) is 0. The van der Waals surface area contributed by atoms with Crippen LogP contribution in [0, 0.1) is 0 Å². The first-order chi connectivity index (χ1) is 7.54. The van der Waals surface area contributed by atoms with Gasteiger partial charge in [-0.3, -0.25) is 0 Å². The molecule has 0 aliphatic carbocycles. The van der Waals surface area contributed by atoms with Crippen molar-refractivity contribution in [2.24, 2.45) is 0 Å². The standard InChI is InChI=1S/C6H12O6.Fe.Li.Mn.H3O4P/c7-1-3(9)5(11)6(12)4(10)2-8;;;;1-5(2,3)4/h1,3-6,8-12H,2H2;;;;(H3,1,2,3,4)/q;+2;+1;+2;/p-3/t3-,4+,5+,6+;;;;/m0..../s1. The summed E-state index contributed by atoms with van der Waals surface area (Å²) in [4.78, 5) is 35.5. The van der Waals surface area contributed by atoms with Gasteiger partial charge in [-0.05, 0) is 0 Å². The molecule has 0 aliphatic rings. The fourth-order valence-electron chi connectivity index (χ4n) is 0.618. The quantitative estimate of drug-likeness (QED) is 0.169. The van der Waals surface area contributed by atoms with Gasteiger partial charge in [0.25, 0.3) is 0 Å². The summed E-state index contributed by atoms with van der Waals surface area (Å²) in [7, 11) is -5.39. The van der Waals surface area contributed by atoms with Crippen molar-refractivity contribution in [2.75, 3.05) is 6.61 Å². The predicted octanol–water partition coefficient (Wildman–Crippen LogP) is -9.20. The Balaban J connectivity index is -0.0000000821. The summed E-state index contributed by atoms with van der Waals surface area (Å²) in [5.41, 5.74) is 0. The fourth-order valence-corrected chi connectivity index (χ4v) is 0.618. The average Bonchev–Trinajstić information content (AvgIpc) is 2.22. The number of hydrogen-bond donors (Lipinski definition) is 5. The Hall–Kier alpha value is 1.22. The minimum Gasteiger partial charge on any atom is -0.822 e. The summed E-state index contributed by atoms with van der Waals surface area (Å²) in [6, 6.07) is 0. The molecule has 0 aromatic rings. The van der Waals surface area contributed by atoms with Gasteiger partial charge in [-0.25, -0.2) is 0 Å². The van der Waals surface area contributed by atoms with Gasteiger partial charge in [0.2, 0.25) is 0 Å². The molecule has 0 bridgehead atoms. The molecule has 5 N–H and O–H groups in total. The zero-order chi connectivity index (χ0) is 14.2. The van der Waals surface area contributed by atoms with E-state index in [0.717, 1.165) is 0 Å². The van der Waals surface area contributed by atoms with E-state index in [9.17, 15) is 4.79 Å². The summed E-state index contributed by atoms with van der Waals surface area (Å²) >= 11 is 0. The van der Waals surface area contributed by atoms with Gasteiger partial charge in [-0.15, -0.1) is 0 Å². The van der Waals surface area contributed by atoms with Crippen LogP contribution in [-0.2, 0) is 43.5 Å². The normalized spacial score (nSPS) is 15.6. The Bertz CT molecular complexity index is 260. The molecule has 1 radical (unpaired) electrons. The van der Waals surface area contributed by atoms with Gasteiger partial charge in [0.1, 0.15) is 24.4 Å². The molecule has 4 atom stereocenters. The second kappa shape index (κ2) is 16.6. The molecule has 20 heavy (non-hydrogen) atoms. The third kappa shape index (κ3) is 21.5. The molecule has 0 heterocycles. The molecule has 0 saturated carbocycles. The number of aliphatic hydroxyl groups excluding tert-OH is 5. The molecule has 0 aromatic carbocycles. The van der Waals surface area contributed by atoms with Crippen molar-refractivity contribution < 1.29 is 103 Å². The van der Waals surface area contributed by atoms with Gasteiger partial charge in [-0.1, -0.05) is 0 Å². The molecule has 0 saturated heterocycles. The molecular weight excluding hydrogens is 381 g/mol. The Morgan fingerprint density at radius 2 is 1.35 bits per heavy atom. The molecule has 0 aromatic heterocycles. The van der Waals surface area contributed by atoms with Crippen LogP contribution >= 0.6 is 7.82 Å². The molecule has 14 heteroatoms. The molecule has 10 nitrogen and oxygen atoms in total. The molecule has 0 amide bonds. The Morgan fingerprint density at radius 1 is 1.05 bits per heavy atom. The van der Waals surface area contributed by atoms with E-state index in [1.807, 2.05) is 0 Å². The van der Waals surface area contributed by atoms with Gasteiger partial charge in [0.15, 0.2) is 6.29 Å². The SMILES string of the molecule is O=C[C@H](O)[C@@H](O)[C@H](O)[C@H](O)CO.O=P([O-])([O-])[O-].[Fe+2].[Li+].[Mn+2]. The number of rotatable bonds is 5. The molecule has 0 aliphatic heterocycles. The topological polar surface area (TPSA) is 204 Å². The zero-order valence-corrected chi connectivity index (χ0v) is 13.2. The van der Waals surface area contributed by atoms with Crippen LogP contribution in [0.5, 0.6) is 0 Å². The maximum atomic E-state index is 9.90. The van der Waals surface area contributed by atoms with Gasteiger partial charge >= 0.3 is 53.0 Å². The maximum Gasteiger partial charge on any atom is 2.00 e.